The number of amides is 2. The number of hydrazine groups is 1. The van der Waals surface area contributed by atoms with E-state index in [-0.39, 0.29) is 22.6 Å². The molecule has 2 N–H and O–H groups in total. The van der Waals surface area contributed by atoms with E-state index >= 15 is 4.39 Å². The molecule has 1 unspecified atom stereocenters. The number of hydrogen-bond acceptors (Lipinski definition) is 7. The number of nitrogens with one attached hydrogen (secondary N) is 2. The van der Waals surface area contributed by atoms with E-state index in [1.54, 1.807) is 29.9 Å². The number of piperazine rings is 1. The van der Waals surface area contributed by atoms with Crippen molar-refractivity contribution in [2.45, 2.75) is 18.8 Å². The molecule has 3 aromatic rings. The molecule has 37 heavy (non-hydrogen) atoms. The van der Waals surface area contributed by atoms with Gasteiger partial charge in [-0.3, -0.25) is 19.8 Å². The van der Waals surface area contributed by atoms with Gasteiger partial charge in [0, 0.05) is 44.3 Å². The van der Waals surface area contributed by atoms with Gasteiger partial charge in [0.2, 0.25) is 5.43 Å². The maximum Gasteiger partial charge on any atom is 0.275 e. The predicted molar refractivity (Wildman–Crippen MR) is 141 cm³/mol. The maximum absolute atomic E-state index is 15.2. The van der Waals surface area contributed by atoms with Crippen LogP contribution >= 0.6 is 11.8 Å². The summed E-state index contributed by atoms with van der Waals surface area (Å²) in [7, 11) is 1.56. The smallest absolute Gasteiger partial charge is 0.275 e. The number of aryl methyl sites for hydroxylation is 1. The number of hydrogen-bond donors (Lipinski definition) is 2. The summed E-state index contributed by atoms with van der Waals surface area (Å²) in [5.74, 6) is -0.694. The van der Waals surface area contributed by atoms with Crippen LogP contribution in [-0.4, -0.2) is 60.4 Å². The minimum atomic E-state index is -0.718. The molecular formula is C26H28FN5O4S. The van der Waals surface area contributed by atoms with Crippen LogP contribution in [0.15, 0.2) is 47.4 Å². The number of methoxy groups -OCH3 is 1. The molecule has 0 radical (unpaired) electrons. The van der Waals surface area contributed by atoms with Gasteiger partial charge in [-0.25, -0.2) is 9.40 Å². The summed E-state index contributed by atoms with van der Waals surface area (Å²) in [6.07, 6.45) is 1.48. The third kappa shape index (κ3) is 4.76. The van der Waals surface area contributed by atoms with E-state index in [4.69, 9.17) is 4.74 Å². The number of thioether (sulfide) groups is 1. The van der Waals surface area contributed by atoms with Crippen molar-refractivity contribution in [2.75, 3.05) is 43.9 Å². The summed E-state index contributed by atoms with van der Waals surface area (Å²) in [6, 6.07) is 10.1. The van der Waals surface area contributed by atoms with E-state index in [1.165, 1.54) is 29.0 Å². The van der Waals surface area contributed by atoms with Crippen LogP contribution in [0.1, 0.15) is 28.2 Å². The first kappa shape index (κ1) is 25.1. The lowest BCUT2D eigenvalue weighted by Crippen LogP contribution is -2.46. The fourth-order valence-electron chi connectivity index (χ4n) is 4.73. The lowest BCUT2D eigenvalue weighted by Gasteiger charge is -2.30. The fourth-order valence-corrected chi connectivity index (χ4v) is 5.82. The second-order valence-corrected chi connectivity index (χ2v) is 9.93. The van der Waals surface area contributed by atoms with E-state index in [2.05, 4.69) is 10.7 Å². The molecule has 2 aromatic carbocycles. The minimum absolute atomic E-state index is 0.123. The predicted octanol–water partition coefficient (Wildman–Crippen LogP) is 2.50. The summed E-state index contributed by atoms with van der Waals surface area (Å²) >= 11 is 1.36. The van der Waals surface area contributed by atoms with E-state index in [9.17, 15) is 14.4 Å². The first-order valence-electron chi connectivity index (χ1n) is 12.1. The zero-order valence-corrected chi connectivity index (χ0v) is 21.4. The average molecular weight is 526 g/mol. The average Bonchev–Trinajstić information content (AvgIpc) is 3.29. The Morgan fingerprint density at radius 2 is 2.00 bits per heavy atom. The van der Waals surface area contributed by atoms with Crippen LogP contribution in [-0.2, 0) is 11.3 Å². The maximum atomic E-state index is 15.2. The van der Waals surface area contributed by atoms with Crippen molar-refractivity contribution in [2.24, 2.45) is 0 Å². The highest BCUT2D eigenvalue weighted by molar-refractivity contribution is 8.00. The second-order valence-electron chi connectivity index (χ2n) is 8.86. The van der Waals surface area contributed by atoms with E-state index in [1.807, 2.05) is 24.0 Å². The van der Waals surface area contributed by atoms with Gasteiger partial charge in [0.25, 0.3) is 11.8 Å². The highest BCUT2D eigenvalue weighted by Gasteiger charge is 2.35. The van der Waals surface area contributed by atoms with E-state index < -0.39 is 22.5 Å². The van der Waals surface area contributed by atoms with Crippen molar-refractivity contribution >= 4 is 40.2 Å². The van der Waals surface area contributed by atoms with Crippen LogP contribution < -0.4 is 25.8 Å². The van der Waals surface area contributed by atoms with Crippen molar-refractivity contribution in [3.8, 4) is 5.75 Å². The van der Waals surface area contributed by atoms with Gasteiger partial charge in [-0.05, 0) is 36.8 Å². The molecule has 2 amide bonds. The molecule has 1 aromatic heterocycles. The number of ether oxygens (including phenoxy) is 1. The Kier molecular flexibility index (Phi) is 7.07. The largest absolute Gasteiger partial charge is 0.497 e. The normalized spacial score (nSPS) is 17.9. The number of anilines is 1. The van der Waals surface area contributed by atoms with Gasteiger partial charge in [-0.2, -0.15) is 0 Å². The number of carbonyl (C=O) groups excluding carboxylic acids is 2. The standard InChI is InChI=1S/C26H28FN5O4S/c1-3-30-14-19(24(34)18-12-20(27)22(13-21(18)30)31-9-7-28-8-10-31)25(35)29-32-23(33)15-37-26(32)16-5-4-6-17(11-16)36-2/h4-6,11-14,26,28H,3,7-10,15H2,1-2H3,(H,29,35). The molecule has 2 aliphatic heterocycles. The Morgan fingerprint density at radius 3 is 2.73 bits per heavy atom. The van der Waals surface area contributed by atoms with Crippen molar-refractivity contribution in [3.63, 3.8) is 0 Å². The Morgan fingerprint density at radius 1 is 1.22 bits per heavy atom. The van der Waals surface area contributed by atoms with Crippen molar-refractivity contribution in [3.05, 3.63) is 69.8 Å². The van der Waals surface area contributed by atoms with Gasteiger partial charge in [0.05, 0.1) is 24.1 Å². The van der Waals surface area contributed by atoms with Gasteiger partial charge in [-0.15, -0.1) is 11.8 Å². The topological polar surface area (TPSA) is 95.9 Å². The number of benzene rings is 2. The number of halogens is 1. The Bertz CT molecular complexity index is 1420. The molecular weight excluding hydrogens is 497 g/mol. The fraction of sp³-hybridized carbons (Fsp3) is 0.346. The molecule has 1 atom stereocenters. The molecule has 194 valence electrons. The van der Waals surface area contributed by atoms with Gasteiger partial charge >= 0.3 is 0 Å². The van der Waals surface area contributed by atoms with Crippen LogP contribution in [0.3, 0.4) is 0 Å². The third-order valence-electron chi connectivity index (χ3n) is 6.66. The van der Waals surface area contributed by atoms with Gasteiger partial charge in [0.15, 0.2) is 0 Å². The molecule has 5 rings (SSSR count). The number of fused-ring (bicyclic) bond motifs is 1. The molecule has 3 heterocycles. The van der Waals surface area contributed by atoms with Crippen molar-refractivity contribution in [1.29, 1.82) is 0 Å². The quantitative estimate of drug-likeness (QED) is 0.511. The molecule has 9 nitrogen and oxygen atoms in total. The van der Waals surface area contributed by atoms with Crippen LogP contribution in [0.25, 0.3) is 10.9 Å². The molecule has 0 saturated carbocycles. The SMILES string of the molecule is CCn1cc(C(=O)NN2C(=O)CSC2c2cccc(OC)c2)c(=O)c2cc(F)c(N3CCNCC3)cc21. The van der Waals surface area contributed by atoms with Gasteiger partial charge in [-0.1, -0.05) is 12.1 Å². The highest BCUT2D eigenvalue weighted by Crippen LogP contribution is 2.38. The first-order valence-corrected chi connectivity index (χ1v) is 13.2. The van der Waals surface area contributed by atoms with Crippen molar-refractivity contribution < 1.29 is 18.7 Å². The Balaban J connectivity index is 1.49. The summed E-state index contributed by atoms with van der Waals surface area (Å²) < 4.78 is 22.2. The summed E-state index contributed by atoms with van der Waals surface area (Å²) in [5, 5.41) is 4.14. The molecule has 0 bridgehead atoms. The molecule has 2 saturated heterocycles. The minimum Gasteiger partial charge on any atom is -0.497 e. The van der Waals surface area contributed by atoms with E-state index in [0.717, 1.165) is 18.7 Å². The number of carbonyl (C=O) groups is 2. The Labute approximate surface area is 217 Å². The zero-order chi connectivity index (χ0) is 26.1. The molecule has 0 spiro atoms. The number of nitrogens with zero attached hydrogens (tertiary/aromatic N) is 3. The van der Waals surface area contributed by atoms with Crippen LogP contribution in [0, 0.1) is 5.82 Å². The van der Waals surface area contributed by atoms with Gasteiger partial charge < -0.3 is 19.5 Å². The summed E-state index contributed by atoms with van der Waals surface area (Å²) in [4.78, 5) is 41.3. The summed E-state index contributed by atoms with van der Waals surface area (Å²) in [5.41, 5.74) is 3.66. The zero-order valence-electron chi connectivity index (χ0n) is 20.6. The van der Waals surface area contributed by atoms with Crippen molar-refractivity contribution in [1.82, 2.24) is 20.3 Å². The second kappa shape index (κ2) is 10.4. The molecule has 2 fully saturated rings. The third-order valence-corrected chi connectivity index (χ3v) is 7.87. The molecule has 11 heteroatoms. The van der Waals surface area contributed by atoms with E-state index in [0.29, 0.717) is 36.6 Å². The molecule has 0 aliphatic carbocycles. The lowest BCUT2D eigenvalue weighted by atomic mass is 10.1. The van der Waals surface area contributed by atoms with Crippen LogP contribution in [0.4, 0.5) is 10.1 Å². The highest BCUT2D eigenvalue weighted by atomic mass is 32.2. The van der Waals surface area contributed by atoms with Crippen LogP contribution in [0.2, 0.25) is 0 Å². The number of pyridine rings is 1. The number of rotatable bonds is 6. The summed E-state index contributed by atoms with van der Waals surface area (Å²) in [6.45, 7) is 5.18. The first-order chi connectivity index (χ1) is 17.9. The van der Waals surface area contributed by atoms with Crippen LogP contribution in [0.5, 0.6) is 5.75 Å². The Hall–Kier alpha value is -3.57. The molecule has 2 aliphatic rings. The lowest BCUT2D eigenvalue weighted by molar-refractivity contribution is -0.130. The number of aromatic nitrogens is 1. The monoisotopic (exact) mass is 525 g/mol. The van der Waals surface area contributed by atoms with Gasteiger partial charge in [0.1, 0.15) is 22.5 Å².